The molecule has 0 spiro atoms. The standard InChI is InChI=1S/C25H28N6O2/c1-17-10-9-15-31-20(21(27-23(17)31)25(32)30-13-7-4-8-14-30)16-26-18(2)24-28-22(29-33-24)19-11-5-3-6-12-19/h3,5-6,9-12,15,18,26H,4,7-8,13-14,16H2,1-2H3/t18-/m1/s1. The van der Waals surface area contributed by atoms with E-state index in [-0.39, 0.29) is 11.9 Å². The Balaban J connectivity index is 1.39. The molecular weight excluding hydrogens is 416 g/mol. The average Bonchev–Trinajstić information content (AvgIpc) is 3.50. The number of carbonyl (C=O) groups excluding carboxylic acids is 1. The van der Waals surface area contributed by atoms with Crippen LogP contribution in [0.1, 0.15) is 59.9 Å². The molecule has 1 atom stereocenters. The van der Waals surface area contributed by atoms with Crippen molar-refractivity contribution in [3.05, 3.63) is 71.5 Å². The molecule has 0 unspecified atom stereocenters. The second kappa shape index (κ2) is 9.15. The van der Waals surface area contributed by atoms with Crippen LogP contribution in [0.5, 0.6) is 0 Å². The highest BCUT2D eigenvalue weighted by atomic mass is 16.5. The third-order valence-corrected chi connectivity index (χ3v) is 6.21. The third kappa shape index (κ3) is 4.26. The van der Waals surface area contributed by atoms with Gasteiger partial charge in [-0.3, -0.25) is 4.79 Å². The number of piperidine rings is 1. The van der Waals surface area contributed by atoms with Crippen LogP contribution in [0.15, 0.2) is 53.2 Å². The van der Waals surface area contributed by atoms with Gasteiger partial charge < -0.3 is 19.1 Å². The van der Waals surface area contributed by atoms with Crippen molar-refractivity contribution >= 4 is 11.6 Å². The first-order chi connectivity index (χ1) is 16.1. The van der Waals surface area contributed by atoms with Gasteiger partial charge in [-0.05, 0) is 44.7 Å². The molecular formula is C25H28N6O2. The minimum Gasteiger partial charge on any atom is -0.337 e. The summed E-state index contributed by atoms with van der Waals surface area (Å²) in [4.78, 5) is 24.6. The van der Waals surface area contributed by atoms with Crippen LogP contribution in [0.25, 0.3) is 17.0 Å². The lowest BCUT2D eigenvalue weighted by Crippen LogP contribution is -2.36. The maximum absolute atomic E-state index is 13.4. The quantitative estimate of drug-likeness (QED) is 0.480. The molecule has 1 amide bonds. The summed E-state index contributed by atoms with van der Waals surface area (Å²) in [7, 11) is 0. The predicted octanol–water partition coefficient (Wildman–Crippen LogP) is 4.17. The summed E-state index contributed by atoms with van der Waals surface area (Å²) in [6.07, 6.45) is 5.23. The number of carbonyl (C=O) groups is 1. The first-order valence-electron chi connectivity index (χ1n) is 11.5. The highest BCUT2D eigenvalue weighted by molar-refractivity contribution is 5.94. The number of fused-ring (bicyclic) bond motifs is 1. The van der Waals surface area contributed by atoms with Crippen molar-refractivity contribution in [2.24, 2.45) is 0 Å². The lowest BCUT2D eigenvalue weighted by molar-refractivity contribution is 0.0717. The Morgan fingerprint density at radius 3 is 2.67 bits per heavy atom. The Hall–Kier alpha value is -3.52. The van der Waals surface area contributed by atoms with E-state index in [4.69, 9.17) is 9.51 Å². The minimum absolute atomic E-state index is 0.00593. The number of hydrogen-bond acceptors (Lipinski definition) is 6. The molecule has 0 bridgehead atoms. The van der Waals surface area contributed by atoms with E-state index >= 15 is 0 Å². The van der Waals surface area contributed by atoms with E-state index in [0.29, 0.717) is 24.0 Å². The number of benzene rings is 1. The first-order valence-corrected chi connectivity index (χ1v) is 11.5. The van der Waals surface area contributed by atoms with Gasteiger partial charge in [0.2, 0.25) is 11.7 Å². The summed E-state index contributed by atoms with van der Waals surface area (Å²) >= 11 is 0. The van der Waals surface area contributed by atoms with E-state index in [9.17, 15) is 4.79 Å². The molecule has 1 saturated heterocycles. The summed E-state index contributed by atoms with van der Waals surface area (Å²) < 4.78 is 7.52. The molecule has 4 heterocycles. The zero-order chi connectivity index (χ0) is 22.8. The fourth-order valence-corrected chi connectivity index (χ4v) is 4.29. The first kappa shape index (κ1) is 21.3. The number of pyridine rings is 1. The number of aryl methyl sites for hydroxylation is 1. The second-order valence-electron chi connectivity index (χ2n) is 8.57. The Kier molecular flexibility index (Phi) is 5.92. The fraction of sp³-hybridized carbons (Fsp3) is 0.360. The van der Waals surface area contributed by atoms with E-state index in [0.717, 1.165) is 48.4 Å². The highest BCUT2D eigenvalue weighted by Gasteiger charge is 2.26. The number of nitrogens with zero attached hydrogens (tertiary/aromatic N) is 5. The van der Waals surface area contributed by atoms with Crippen molar-refractivity contribution in [2.75, 3.05) is 13.1 Å². The number of nitrogens with one attached hydrogen (secondary N) is 1. The van der Waals surface area contributed by atoms with E-state index < -0.39 is 0 Å². The van der Waals surface area contributed by atoms with Gasteiger partial charge >= 0.3 is 0 Å². The zero-order valence-electron chi connectivity index (χ0n) is 19.0. The van der Waals surface area contributed by atoms with Gasteiger partial charge in [0.25, 0.3) is 5.91 Å². The molecule has 5 rings (SSSR count). The third-order valence-electron chi connectivity index (χ3n) is 6.21. The van der Waals surface area contributed by atoms with Crippen LogP contribution in [-0.2, 0) is 6.54 Å². The Morgan fingerprint density at radius 2 is 1.88 bits per heavy atom. The highest BCUT2D eigenvalue weighted by Crippen LogP contribution is 2.22. The van der Waals surface area contributed by atoms with Gasteiger partial charge in [-0.25, -0.2) is 4.98 Å². The van der Waals surface area contributed by atoms with Crippen molar-refractivity contribution in [1.82, 2.24) is 29.7 Å². The van der Waals surface area contributed by atoms with Crippen molar-refractivity contribution in [2.45, 2.75) is 45.7 Å². The van der Waals surface area contributed by atoms with Crippen LogP contribution in [0.4, 0.5) is 0 Å². The molecule has 33 heavy (non-hydrogen) atoms. The van der Waals surface area contributed by atoms with Crippen LogP contribution in [-0.4, -0.2) is 43.4 Å². The van der Waals surface area contributed by atoms with E-state index in [2.05, 4.69) is 15.5 Å². The van der Waals surface area contributed by atoms with Gasteiger partial charge in [-0.15, -0.1) is 0 Å². The van der Waals surface area contributed by atoms with Gasteiger partial charge in [0.05, 0.1) is 11.7 Å². The molecule has 170 valence electrons. The summed E-state index contributed by atoms with van der Waals surface area (Å²) in [6.45, 7) is 6.02. The van der Waals surface area contributed by atoms with Crippen LogP contribution in [0.2, 0.25) is 0 Å². The van der Waals surface area contributed by atoms with Gasteiger partial charge in [-0.1, -0.05) is 41.6 Å². The monoisotopic (exact) mass is 444 g/mol. The molecule has 4 aromatic rings. The molecule has 8 heteroatoms. The number of imidazole rings is 1. The maximum atomic E-state index is 13.4. The molecule has 1 fully saturated rings. The topological polar surface area (TPSA) is 88.6 Å². The number of rotatable bonds is 6. The number of hydrogen-bond donors (Lipinski definition) is 1. The Labute approximate surface area is 192 Å². The van der Waals surface area contributed by atoms with Gasteiger partial charge in [0, 0.05) is 31.4 Å². The summed E-state index contributed by atoms with van der Waals surface area (Å²) in [6, 6.07) is 13.6. The van der Waals surface area contributed by atoms with Crippen LogP contribution < -0.4 is 5.32 Å². The van der Waals surface area contributed by atoms with E-state index in [1.54, 1.807) is 0 Å². The largest absolute Gasteiger partial charge is 0.337 e. The number of aromatic nitrogens is 4. The van der Waals surface area contributed by atoms with E-state index in [1.165, 1.54) is 6.42 Å². The Bertz CT molecular complexity index is 1260. The summed E-state index contributed by atoms with van der Waals surface area (Å²) in [5.41, 5.74) is 4.12. The van der Waals surface area contributed by atoms with Crippen molar-refractivity contribution < 1.29 is 9.32 Å². The molecule has 1 N–H and O–H groups in total. The van der Waals surface area contributed by atoms with Crippen molar-refractivity contribution in [3.63, 3.8) is 0 Å². The SMILES string of the molecule is Cc1cccn2c(CN[C@H](C)c3nc(-c4ccccc4)no3)c(C(=O)N3CCCCC3)nc12. The second-order valence-corrected chi connectivity index (χ2v) is 8.57. The van der Waals surface area contributed by atoms with Gasteiger partial charge in [0.15, 0.2) is 5.69 Å². The molecule has 1 aliphatic heterocycles. The number of amides is 1. The molecule has 3 aromatic heterocycles. The van der Waals surface area contributed by atoms with Crippen LogP contribution in [0, 0.1) is 6.92 Å². The van der Waals surface area contributed by atoms with E-state index in [1.807, 2.05) is 71.8 Å². The molecule has 1 aliphatic rings. The minimum atomic E-state index is -0.191. The lowest BCUT2D eigenvalue weighted by Gasteiger charge is -2.26. The summed E-state index contributed by atoms with van der Waals surface area (Å²) in [5.74, 6) is 1.07. The van der Waals surface area contributed by atoms with Crippen molar-refractivity contribution in [1.29, 1.82) is 0 Å². The summed E-state index contributed by atoms with van der Waals surface area (Å²) in [5, 5.41) is 7.56. The number of likely N-dealkylation sites (tertiary alicyclic amines) is 1. The molecule has 1 aromatic carbocycles. The molecule has 8 nitrogen and oxygen atoms in total. The van der Waals surface area contributed by atoms with Gasteiger partial charge in [0.1, 0.15) is 5.65 Å². The van der Waals surface area contributed by atoms with Gasteiger partial charge in [-0.2, -0.15) is 4.98 Å². The van der Waals surface area contributed by atoms with Crippen LogP contribution in [0.3, 0.4) is 0 Å². The lowest BCUT2D eigenvalue weighted by atomic mass is 10.1. The maximum Gasteiger partial charge on any atom is 0.274 e. The molecule has 0 saturated carbocycles. The zero-order valence-corrected chi connectivity index (χ0v) is 19.0. The average molecular weight is 445 g/mol. The predicted molar refractivity (Wildman–Crippen MR) is 125 cm³/mol. The molecule has 0 radical (unpaired) electrons. The normalized spacial score (nSPS) is 15.2. The van der Waals surface area contributed by atoms with Crippen LogP contribution >= 0.6 is 0 Å². The fourth-order valence-electron chi connectivity index (χ4n) is 4.29. The smallest absolute Gasteiger partial charge is 0.274 e. The Morgan fingerprint density at radius 1 is 1.09 bits per heavy atom. The molecule has 0 aliphatic carbocycles. The van der Waals surface area contributed by atoms with Crippen molar-refractivity contribution in [3.8, 4) is 11.4 Å².